The summed E-state index contributed by atoms with van der Waals surface area (Å²) >= 11 is 0. The van der Waals surface area contributed by atoms with Crippen LogP contribution in [0.3, 0.4) is 0 Å². The number of hydrogen-bond donors (Lipinski definition) is 1. The average Bonchev–Trinajstić information content (AvgIpc) is 3.29. The van der Waals surface area contributed by atoms with Crippen LogP contribution < -0.4 is 14.8 Å². The van der Waals surface area contributed by atoms with Gasteiger partial charge in [-0.25, -0.2) is 4.98 Å². The van der Waals surface area contributed by atoms with Crippen molar-refractivity contribution in [2.45, 2.75) is 44.6 Å². The number of carbonyl (C=O) groups excluding carboxylic acids is 1. The maximum Gasteiger partial charge on any atom is 0.293 e. The number of aromatic nitrogens is 1. The Morgan fingerprint density at radius 1 is 1.23 bits per heavy atom. The lowest BCUT2D eigenvalue weighted by atomic mass is 9.87. The zero-order valence-corrected chi connectivity index (χ0v) is 17.9. The van der Waals surface area contributed by atoms with Crippen molar-refractivity contribution < 1.29 is 19.0 Å². The summed E-state index contributed by atoms with van der Waals surface area (Å²) in [7, 11) is 3.55. The number of anilines is 1. The van der Waals surface area contributed by atoms with Gasteiger partial charge in [-0.2, -0.15) is 0 Å². The number of ether oxygens (including phenoxy) is 3. The summed E-state index contributed by atoms with van der Waals surface area (Å²) < 4.78 is 17.0. The van der Waals surface area contributed by atoms with Gasteiger partial charge in [-0.15, -0.1) is 0 Å². The van der Waals surface area contributed by atoms with E-state index in [2.05, 4.69) is 10.2 Å². The molecule has 1 N–H and O–H groups in total. The second-order valence-electron chi connectivity index (χ2n) is 8.04. The number of benzene rings is 1. The van der Waals surface area contributed by atoms with E-state index in [4.69, 9.17) is 19.2 Å². The van der Waals surface area contributed by atoms with Crippen molar-refractivity contribution >= 4 is 23.2 Å². The van der Waals surface area contributed by atoms with Crippen molar-refractivity contribution in [1.29, 1.82) is 0 Å². The fourth-order valence-electron chi connectivity index (χ4n) is 4.67. The van der Waals surface area contributed by atoms with Gasteiger partial charge < -0.3 is 24.4 Å². The Balaban J connectivity index is 1.57. The molecule has 1 atom stereocenters. The molecule has 1 aliphatic carbocycles. The molecule has 1 saturated heterocycles. The van der Waals surface area contributed by atoms with Gasteiger partial charge in [0.25, 0.3) is 6.47 Å². The molecule has 2 heterocycles. The molecule has 1 unspecified atom stereocenters. The van der Waals surface area contributed by atoms with E-state index in [1.165, 1.54) is 31.5 Å². The standard InChI is InChI=1S/C23H31N3O4/c1-24-23-19-12-16(30-15-27)6-7-17(19)18-13-21(28-2)22(14-20(18)25-23)29-11-5-10-26-8-3-4-9-26/h13-16H,3-12H2,1-2H3,(H,24,25). The molecular formula is C23H31N3O4. The molecule has 7 heteroatoms. The Bertz CT molecular complexity index is 896. The van der Waals surface area contributed by atoms with E-state index in [9.17, 15) is 4.79 Å². The first-order valence-corrected chi connectivity index (χ1v) is 10.9. The second-order valence-corrected chi connectivity index (χ2v) is 8.04. The molecule has 0 saturated carbocycles. The maximum absolute atomic E-state index is 10.8. The molecule has 2 aromatic rings. The maximum atomic E-state index is 10.8. The van der Waals surface area contributed by atoms with Gasteiger partial charge in [0.15, 0.2) is 11.5 Å². The molecule has 0 radical (unpaired) electrons. The minimum atomic E-state index is -0.0959. The molecule has 0 bridgehead atoms. The number of pyridine rings is 1. The number of aryl methyl sites for hydroxylation is 1. The first-order chi connectivity index (χ1) is 14.7. The van der Waals surface area contributed by atoms with Gasteiger partial charge in [0.2, 0.25) is 0 Å². The van der Waals surface area contributed by atoms with E-state index < -0.39 is 0 Å². The topological polar surface area (TPSA) is 72.9 Å². The van der Waals surface area contributed by atoms with Gasteiger partial charge in [0.05, 0.1) is 19.2 Å². The smallest absolute Gasteiger partial charge is 0.293 e. The van der Waals surface area contributed by atoms with E-state index in [0.717, 1.165) is 59.6 Å². The molecule has 30 heavy (non-hydrogen) atoms. The third kappa shape index (κ3) is 4.31. The molecule has 0 spiro atoms. The Hall–Kier alpha value is -2.54. The summed E-state index contributed by atoms with van der Waals surface area (Å²) in [6.07, 6.45) is 5.84. The fraction of sp³-hybridized carbons (Fsp3) is 0.565. The van der Waals surface area contributed by atoms with Crippen LogP contribution in [0.2, 0.25) is 0 Å². The van der Waals surface area contributed by atoms with Crippen molar-refractivity contribution in [3.8, 4) is 11.5 Å². The number of methoxy groups -OCH3 is 1. The van der Waals surface area contributed by atoms with Crippen LogP contribution in [0.25, 0.3) is 10.9 Å². The van der Waals surface area contributed by atoms with Crippen LogP contribution in [0.4, 0.5) is 5.82 Å². The lowest BCUT2D eigenvalue weighted by Gasteiger charge is -2.26. The molecule has 0 amide bonds. The fourth-order valence-corrected chi connectivity index (χ4v) is 4.67. The molecular weight excluding hydrogens is 382 g/mol. The van der Waals surface area contributed by atoms with Gasteiger partial charge in [-0.05, 0) is 56.8 Å². The molecule has 4 rings (SSSR count). The molecule has 1 aromatic carbocycles. The summed E-state index contributed by atoms with van der Waals surface area (Å²) in [6.45, 7) is 4.70. The lowest BCUT2D eigenvalue weighted by Crippen LogP contribution is -2.24. The number of rotatable bonds is 9. The van der Waals surface area contributed by atoms with Crippen LogP contribution in [0.5, 0.6) is 11.5 Å². The lowest BCUT2D eigenvalue weighted by molar-refractivity contribution is -0.133. The summed E-state index contributed by atoms with van der Waals surface area (Å²) in [6, 6.07) is 4.02. The molecule has 1 fully saturated rings. The predicted octanol–water partition coefficient (Wildman–Crippen LogP) is 3.18. The van der Waals surface area contributed by atoms with Crippen LogP contribution >= 0.6 is 0 Å². The number of likely N-dealkylation sites (tertiary alicyclic amines) is 1. The van der Waals surface area contributed by atoms with E-state index in [-0.39, 0.29) is 6.10 Å². The summed E-state index contributed by atoms with van der Waals surface area (Å²) in [5, 5.41) is 4.29. The van der Waals surface area contributed by atoms with Crippen LogP contribution in [-0.4, -0.2) is 62.9 Å². The predicted molar refractivity (Wildman–Crippen MR) is 117 cm³/mol. The van der Waals surface area contributed by atoms with Gasteiger partial charge in [-0.1, -0.05) is 0 Å². The SMILES string of the molecule is CNc1nc2cc(OCCCN3CCCC3)c(OC)cc2c2c1CC(OC=O)CC2. The zero-order chi connectivity index (χ0) is 20.9. The van der Waals surface area contributed by atoms with E-state index in [1.807, 2.05) is 19.2 Å². The largest absolute Gasteiger partial charge is 0.493 e. The highest BCUT2D eigenvalue weighted by atomic mass is 16.5. The first-order valence-electron chi connectivity index (χ1n) is 10.9. The average molecular weight is 414 g/mol. The Morgan fingerprint density at radius 3 is 2.80 bits per heavy atom. The van der Waals surface area contributed by atoms with Crippen molar-refractivity contribution in [3.63, 3.8) is 0 Å². The van der Waals surface area contributed by atoms with Crippen LogP contribution in [-0.2, 0) is 22.4 Å². The molecule has 162 valence electrons. The normalized spacial score (nSPS) is 18.8. The summed E-state index contributed by atoms with van der Waals surface area (Å²) in [5.41, 5.74) is 3.25. The van der Waals surface area contributed by atoms with Crippen molar-refractivity contribution in [2.24, 2.45) is 0 Å². The van der Waals surface area contributed by atoms with E-state index >= 15 is 0 Å². The van der Waals surface area contributed by atoms with Gasteiger partial charge >= 0.3 is 0 Å². The quantitative estimate of drug-likeness (QED) is 0.500. The minimum Gasteiger partial charge on any atom is -0.493 e. The summed E-state index contributed by atoms with van der Waals surface area (Å²) in [5.74, 6) is 2.30. The van der Waals surface area contributed by atoms with E-state index in [0.29, 0.717) is 19.5 Å². The molecule has 2 aliphatic rings. The highest BCUT2D eigenvalue weighted by Gasteiger charge is 2.26. The Kier molecular flexibility index (Phi) is 6.57. The third-order valence-corrected chi connectivity index (χ3v) is 6.20. The van der Waals surface area contributed by atoms with Crippen molar-refractivity contribution in [3.05, 3.63) is 23.3 Å². The minimum absolute atomic E-state index is 0.0959. The summed E-state index contributed by atoms with van der Waals surface area (Å²) in [4.78, 5) is 18.1. The van der Waals surface area contributed by atoms with Gasteiger partial charge in [0.1, 0.15) is 11.9 Å². The number of hydrogen-bond acceptors (Lipinski definition) is 7. The number of fused-ring (bicyclic) bond motifs is 3. The van der Waals surface area contributed by atoms with Crippen LogP contribution in [0.15, 0.2) is 12.1 Å². The second kappa shape index (κ2) is 9.51. The third-order valence-electron chi connectivity index (χ3n) is 6.20. The van der Waals surface area contributed by atoms with Gasteiger partial charge in [-0.3, -0.25) is 4.79 Å². The highest BCUT2D eigenvalue weighted by molar-refractivity contribution is 5.89. The highest BCUT2D eigenvalue weighted by Crippen LogP contribution is 2.39. The van der Waals surface area contributed by atoms with Crippen LogP contribution in [0, 0.1) is 0 Å². The monoisotopic (exact) mass is 413 g/mol. The molecule has 1 aromatic heterocycles. The number of carbonyl (C=O) groups is 1. The number of nitrogens with zero attached hydrogens (tertiary/aromatic N) is 2. The van der Waals surface area contributed by atoms with Gasteiger partial charge in [0, 0.05) is 37.0 Å². The Morgan fingerprint density at radius 2 is 2.07 bits per heavy atom. The first kappa shape index (κ1) is 20.7. The van der Waals surface area contributed by atoms with Crippen molar-refractivity contribution in [2.75, 3.05) is 45.7 Å². The van der Waals surface area contributed by atoms with E-state index in [1.54, 1.807) is 7.11 Å². The molecule has 1 aliphatic heterocycles. The number of nitrogens with one attached hydrogen (secondary N) is 1. The van der Waals surface area contributed by atoms with Crippen LogP contribution in [0.1, 0.15) is 36.8 Å². The Labute approximate surface area is 177 Å². The molecule has 7 nitrogen and oxygen atoms in total. The zero-order valence-electron chi connectivity index (χ0n) is 17.9. The van der Waals surface area contributed by atoms with Crippen molar-refractivity contribution in [1.82, 2.24) is 9.88 Å².